The van der Waals surface area contributed by atoms with Crippen LogP contribution in [0, 0.1) is 5.41 Å². The fourth-order valence-corrected chi connectivity index (χ4v) is 4.79. The van der Waals surface area contributed by atoms with Gasteiger partial charge in [-0.05, 0) is 24.8 Å². The van der Waals surface area contributed by atoms with Crippen LogP contribution in [0.4, 0.5) is 4.79 Å². The minimum Gasteiger partial charge on any atom is -0.441 e. The van der Waals surface area contributed by atoms with Gasteiger partial charge >= 0.3 is 6.09 Å². The van der Waals surface area contributed by atoms with Crippen LogP contribution in [0.5, 0.6) is 0 Å². The van der Waals surface area contributed by atoms with E-state index >= 15 is 0 Å². The van der Waals surface area contributed by atoms with Crippen molar-refractivity contribution >= 4 is 12.0 Å². The van der Waals surface area contributed by atoms with Gasteiger partial charge in [0, 0.05) is 39.6 Å². The molecule has 28 heavy (non-hydrogen) atoms. The van der Waals surface area contributed by atoms with E-state index in [1.165, 1.54) is 5.56 Å². The van der Waals surface area contributed by atoms with Crippen molar-refractivity contribution in [2.24, 2.45) is 5.41 Å². The lowest BCUT2D eigenvalue weighted by Crippen LogP contribution is -2.55. The third-order valence-corrected chi connectivity index (χ3v) is 6.70. The van der Waals surface area contributed by atoms with Crippen molar-refractivity contribution < 1.29 is 19.1 Å². The molecule has 3 aliphatic rings. The standard InChI is InChI=1S/C22H30N2O4/c1-27-17-21(9-5-10-21)19(25)23-14-11-22(12-15-23)16-24(20(26)28-22)13-8-18-6-3-2-4-7-18/h2-4,6-7H,5,8-17H2,1H3. The van der Waals surface area contributed by atoms with Crippen molar-refractivity contribution in [1.82, 2.24) is 9.80 Å². The smallest absolute Gasteiger partial charge is 0.410 e. The van der Waals surface area contributed by atoms with Crippen LogP contribution in [0.25, 0.3) is 0 Å². The van der Waals surface area contributed by atoms with E-state index in [-0.39, 0.29) is 17.4 Å². The molecule has 4 rings (SSSR count). The second-order valence-corrected chi connectivity index (χ2v) is 8.57. The molecule has 1 saturated carbocycles. The summed E-state index contributed by atoms with van der Waals surface area (Å²) in [6, 6.07) is 10.2. The summed E-state index contributed by atoms with van der Waals surface area (Å²) in [5, 5.41) is 0. The van der Waals surface area contributed by atoms with Crippen LogP contribution >= 0.6 is 0 Å². The molecular formula is C22H30N2O4. The topological polar surface area (TPSA) is 59.1 Å². The molecule has 1 spiro atoms. The van der Waals surface area contributed by atoms with Crippen LogP contribution in [-0.2, 0) is 20.7 Å². The number of rotatable bonds is 6. The van der Waals surface area contributed by atoms with Gasteiger partial charge in [0.15, 0.2) is 0 Å². The number of hydrogen-bond donors (Lipinski definition) is 0. The summed E-state index contributed by atoms with van der Waals surface area (Å²) < 4.78 is 11.1. The molecule has 152 valence electrons. The highest BCUT2D eigenvalue weighted by Gasteiger charge is 2.51. The number of amides is 2. The summed E-state index contributed by atoms with van der Waals surface area (Å²) in [4.78, 5) is 29.2. The molecule has 2 saturated heterocycles. The van der Waals surface area contributed by atoms with Gasteiger partial charge in [-0.15, -0.1) is 0 Å². The van der Waals surface area contributed by atoms with Crippen LogP contribution in [0.2, 0.25) is 0 Å². The number of nitrogens with zero attached hydrogens (tertiary/aromatic N) is 2. The second kappa shape index (κ2) is 7.74. The molecule has 0 N–H and O–H groups in total. The molecule has 0 aromatic heterocycles. The highest BCUT2D eigenvalue weighted by molar-refractivity contribution is 5.84. The molecule has 0 bridgehead atoms. The third kappa shape index (κ3) is 3.62. The van der Waals surface area contributed by atoms with Crippen molar-refractivity contribution in [3.05, 3.63) is 35.9 Å². The fourth-order valence-electron chi connectivity index (χ4n) is 4.79. The molecule has 0 atom stereocenters. The Balaban J connectivity index is 1.31. The van der Waals surface area contributed by atoms with Crippen LogP contribution in [0.1, 0.15) is 37.7 Å². The Morgan fingerprint density at radius 3 is 2.46 bits per heavy atom. The number of carbonyl (C=O) groups is 2. The predicted molar refractivity (Wildman–Crippen MR) is 105 cm³/mol. The van der Waals surface area contributed by atoms with E-state index in [9.17, 15) is 9.59 Å². The normalized spacial score (nSPS) is 22.8. The Labute approximate surface area is 166 Å². The van der Waals surface area contributed by atoms with Crippen molar-refractivity contribution in [3.8, 4) is 0 Å². The molecule has 1 aromatic rings. The maximum Gasteiger partial charge on any atom is 0.410 e. The highest BCUT2D eigenvalue weighted by atomic mass is 16.6. The number of hydrogen-bond acceptors (Lipinski definition) is 4. The molecule has 1 aromatic carbocycles. The summed E-state index contributed by atoms with van der Waals surface area (Å²) in [5.41, 5.74) is 0.479. The van der Waals surface area contributed by atoms with Gasteiger partial charge in [-0.25, -0.2) is 4.79 Å². The zero-order chi connectivity index (χ0) is 19.6. The Bertz CT molecular complexity index is 709. The Morgan fingerprint density at radius 2 is 1.86 bits per heavy atom. The highest BCUT2D eigenvalue weighted by Crippen LogP contribution is 2.44. The van der Waals surface area contributed by atoms with Gasteiger partial charge in [0.25, 0.3) is 0 Å². The molecule has 2 amide bonds. The lowest BCUT2D eigenvalue weighted by Gasteiger charge is -2.46. The number of methoxy groups -OCH3 is 1. The van der Waals surface area contributed by atoms with Crippen LogP contribution in [-0.4, -0.2) is 67.3 Å². The first-order valence-corrected chi connectivity index (χ1v) is 10.4. The first-order chi connectivity index (χ1) is 13.6. The molecule has 1 aliphatic carbocycles. The second-order valence-electron chi connectivity index (χ2n) is 8.57. The zero-order valence-corrected chi connectivity index (χ0v) is 16.7. The number of carbonyl (C=O) groups excluding carboxylic acids is 2. The molecule has 3 fully saturated rings. The molecule has 2 aliphatic heterocycles. The Morgan fingerprint density at radius 1 is 1.14 bits per heavy atom. The summed E-state index contributed by atoms with van der Waals surface area (Å²) in [5.74, 6) is 0.223. The van der Waals surface area contributed by atoms with E-state index < -0.39 is 5.60 Å². The number of ether oxygens (including phenoxy) is 2. The third-order valence-electron chi connectivity index (χ3n) is 6.70. The minimum atomic E-state index is -0.432. The zero-order valence-electron chi connectivity index (χ0n) is 16.7. The van der Waals surface area contributed by atoms with Gasteiger partial charge in [-0.2, -0.15) is 0 Å². The molecule has 6 nitrogen and oxygen atoms in total. The number of benzene rings is 1. The Hall–Kier alpha value is -2.08. The fraction of sp³-hybridized carbons (Fsp3) is 0.636. The van der Waals surface area contributed by atoms with Crippen molar-refractivity contribution in [2.45, 2.75) is 44.1 Å². The van der Waals surface area contributed by atoms with E-state index in [4.69, 9.17) is 9.47 Å². The summed E-state index contributed by atoms with van der Waals surface area (Å²) in [6.07, 6.45) is 4.99. The summed E-state index contributed by atoms with van der Waals surface area (Å²) in [6.45, 7) is 3.12. The van der Waals surface area contributed by atoms with Gasteiger partial charge in [0.2, 0.25) is 5.91 Å². The molecule has 2 heterocycles. The Kier molecular flexibility index (Phi) is 5.32. The van der Waals surface area contributed by atoms with Gasteiger partial charge in [0.05, 0.1) is 18.6 Å². The molecule has 6 heteroatoms. The van der Waals surface area contributed by atoms with Crippen LogP contribution in [0.15, 0.2) is 30.3 Å². The largest absolute Gasteiger partial charge is 0.441 e. The van der Waals surface area contributed by atoms with Crippen molar-refractivity contribution in [1.29, 1.82) is 0 Å². The summed E-state index contributed by atoms with van der Waals surface area (Å²) >= 11 is 0. The first kappa shape index (κ1) is 19.2. The predicted octanol–water partition coefficient (Wildman–Crippen LogP) is 2.86. The van der Waals surface area contributed by atoms with Gasteiger partial charge in [-0.3, -0.25) is 4.79 Å². The van der Waals surface area contributed by atoms with E-state index in [1.54, 1.807) is 7.11 Å². The summed E-state index contributed by atoms with van der Waals surface area (Å²) in [7, 11) is 1.67. The maximum absolute atomic E-state index is 13.0. The van der Waals surface area contributed by atoms with Gasteiger partial charge in [-0.1, -0.05) is 36.8 Å². The number of likely N-dealkylation sites (tertiary alicyclic amines) is 1. The SMILES string of the molecule is COCC1(C(=O)N2CCC3(CC2)CN(CCc2ccccc2)C(=O)O3)CCC1. The van der Waals surface area contributed by atoms with E-state index in [0.717, 1.165) is 38.5 Å². The van der Waals surface area contributed by atoms with E-state index in [0.29, 0.717) is 32.8 Å². The molecule has 0 radical (unpaired) electrons. The first-order valence-electron chi connectivity index (χ1n) is 10.4. The van der Waals surface area contributed by atoms with Gasteiger partial charge in [0.1, 0.15) is 5.60 Å². The maximum atomic E-state index is 13.0. The number of piperidine rings is 1. The van der Waals surface area contributed by atoms with E-state index in [1.807, 2.05) is 28.0 Å². The average molecular weight is 386 g/mol. The van der Waals surface area contributed by atoms with Crippen molar-refractivity contribution in [3.63, 3.8) is 0 Å². The van der Waals surface area contributed by atoms with E-state index in [2.05, 4.69) is 12.1 Å². The lowest BCUT2D eigenvalue weighted by molar-refractivity contribution is -0.155. The lowest BCUT2D eigenvalue weighted by atomic mass is 9.68. The van der Waals surface area contributed by atoms with Gasteiger partial charge < -0.3 is 19.3 Å². The van der Waals surface area contributed by atoms with Crippen LogP contribution < -0.4 is 0 Å². The monoisotopic (exact) mass is 386 g/mol. The molecular weight excluding hydrogens is 356 g/mol. The molecule has 0 unspecified atom stereocenters. The minimum absolute atomic E-state index is 0.217. The average Bonchev–Trinajstić information content (AvgIpc) is 2.99. The van der Waals surface area contributed by atoms with Crippen molar-refractivity contribution in [2.75, 3.05) is 39.9 Å². The quantitative estimate of drug-likeness (QED) is 0.754. The van der Waals surface area contributed by atoms with Crippen LogP contribution in [0.3, 0.4) is 0 Å².